The van der Waals surface area contributed by atoms with Gasteiger partial charge in [-0.2, -0.15) is 13.2 Å². The average Bonchev–Trinajstić information content (AvgIpc) is 2.19. The highest BCUT2D eigenvalue weighted by Crippen LogP contribution is 2.23. The Bertz CT molecular complexity index is 377. The molecule has 17 heavy (non-hydrogen) atoms. The van der Waals surface area contributed by atoms with Crippen molar-refractivity contribution in [1.29, 1.82) is 0 Å². The van der Waals surface area contributed by atoms with Crippen LogP contribution in [0.15, 0.2) is 12.3 Å². The van der Waals surface area contributed by atoms with Crippen LogP contribution in [0.25, 0.3) is 0 Å². The highest BCUT2D eigenvalue weighted by Gasteiger charge is 2.31. The lowest BCUT2D eigenvalue weighted by molar-refractivity contribution is -0.119. The Morgan fingerprint density at radius 1 is 1.41 bits per heavy atom. The van der Waals surface area contributed by atoms with Gasteiger partial charge in [-0.25, -0.2) is 4.98 Å². The van der Waals surface area contributed by atoms with E-state index in [4.69, 9.17) is 5.73 Å². The minimum atomic E-state index is -4.24. The van der Waals surface area contributed by atoms with Gasteiger partial charge in [0.15, 0.2) is 0 Å². The predicted octanol–water partition coefficient (Wildman–Crippen LogP) is 2.75. The van der Waals surface area contributed by atoms with Gasteiger partial charge < -0.3 is 10.6 Å². The van der Waals surface area contributed by atoms with Gasteiger partial charge in [-0.3, -0.25) is 0 Å². The lowest BCUT2D eigenvalue weighted by Crippen LogP contribution is -2.35. The molecule has 0 saturated heterocycles. The number of rotatable bonds is 4. The highest BCUT2D eigenvalue weighted by molar-refractivity contribution is 5.54. The van der Waals surface area contributed by atoms with Crippen LogP contribution in [0, 0.1) is 6.92 Å². The van der Waals surface area contributed by atoms with Gasteiger partial charge in [-0.15, -0.1) is 0 Å². The Kier molecular flexibility index (Phi) is 4.20. The Morgan fingerprint density at radius 3 is 2.53 bits per heavy atom. The molecule has 0 aliphatic carbocycles. The fourth-order valence-corrected chi connectivity index (χ4v) is 1.46. The van der Waals surface area contributed by atoms with Gasteiger partial charge in [-0.05, 0) is 18.9 Å². The van der Waals surface area contributed by atoms with Crippen molar-refractivity contribution < 1.29 is 13.2 Å². The van der Waals surface area contributed by atoms with Crippen molar-refractivity contribution >= 4 is 11.5 Å². The first-order valence-electron chi connectivity index (χ1n) is 5.37. The molecule has 2 N–H and O–H groups in total. The van der Waals surface area contributed by atoms with Crippen molar-refractivity contribution in [1.82, 2.24) is 4.98 Å². The first kappa shape index (κ1) is 13.6. The van der Waals surface area contributed by atoms with Gasteiger partial charge in [-0.1, -0.05) is 6.92 Å². The van der Waals surface area contributed by atoms with E-state index < -0.39 is 12.7 Å². The second-order valence-corrected chi connectivity index (χ2v) is 3.94. The van der Waals surface area contributed by atoms with Crippen LogP contribution in [0.1, 0.15) is 18.9 Å². The molecule has 0 unspecified atom stereocenters. The maximum atomic E-state index is 12.4. The Labute approximate surface area is 98.4 Å². The number of hydrogen-bond acceptors (Lipinski definition) is 3. The molecule has 0 amide bonds. The molecule has 0 aromatic carbocycles. The van der Waals surface area contributed by atoms with Crippen molar-refractivity contribution in [2.24, 2.45) is 0 Å². The van der Waals surface area contributed by atoms with E-state index in [-0.39, 0.29) is 5.82 Å². The van der Waals surface area contributed by atoms with E-state index in [0.29, 0.717) is 18.7 Å². The number of anilines is 2. The van der Waals surface area contributed by atoms with Gasteiger partial charge in [0, 0.05) is 24.5 Å². The zero-order chi connectivity index (χ0) is 13.1. The molecule has 6 heteroatoms. The molecule has 0 aliphatic rings. The number of pyridine rings is 1. The monoisotopic (exact) mass is 247 g/mol. The second kappa shape index (κ2) is 5.25. The van der Waals surface area contributed by atoms with Crippen molar-refractivity contribution in [2.45, 2.75) is 26.4 Å². The molecule has 0 fully saturated rings. The summed E-state index contributed by atoms with van der Waals surface area (Å²) in [6.07, 6.45) is -2.13. The number of nitrogens with zero attached hydrogens (tertiary/aromatic N) is 2. The number of hydrogen-bond donors (Lipinski definition) is 1. The van der Waals surface area contributed by atoms with Crippen molar-refractivity contribution in [3.05, 3.63) is 17.8 Å². The fourth-order valence-electron chi connectivity index (χ4n) is 1.46. The fraction of sp³-hybridized carbons (Fsp3) is 0.545. The normalized spacial score (nSPS) is 11.6. The summed E-state index contributed by atoms with van der Waals surface area (Å²) in [7, 11) is 0. The minimum absolute atomic E-state index is 0.271. The summed E-state index contributed by atoms with van der Waals surface area (Å²) >= 11 is 0. The molecule has 1 aromatic heterocycles. The van der Waals surface area contributed by atoms with Gasteiger partial charge >= 0.3 is 6.18 Å². The van der Waals surface area contributed by atoms with E-state index in [1.807, 2.05) is 6.92 Å². The molecule has 96 valence electrons. The third kappa shape index (κ3) is 4.13. The zero-order valence-electron chi connectivity index (χ0n) is 9.88. The van der Waals surface area contributed by atoms with Gasteiger partial charge in [0.25, 0.3) is 0 Å². The maximum absolute atomic E-state index is 12.4. The first-order chi connectivity index (χ1) is 7.83. The third-order valence-corrected chi connectivity index (χ3v) is 2.32. The van der Waals surface area contributed by atoms with Crippen LogP contribution in [0.5, 0.6) is 0 Å². The lowest BCUT2D eigenvalue weighted by Gasteiger charge is -2.24. The molecule has 1 heterocycles. The number of nitrogen functional groups attached to an aromatic ring is 1. The number of nitrogens with two attached hydrogens (primary N) is 1. The topological polar surface area (TPSA) is 42.1 Å². The van der Waals surface area contributed by atoms with Crippen LogP contribution >= 0.6 is 0 Å². The SMILES string of the molecule is CCCN(CC(F)(F)F)c1cc(N)c(C)cn1. The summed E-state index contributed by atoms with van der Waals surface area (Å²) in [5.74, 6) is 0.271. The molecular weight excluding hydrogens is 231 g/mol. The standard InChI is InChI=1S/C11H16F3N3/c1-3-4-17(7-11(12,13)14)10-5-9(15)8(2)6-16-10/h5-6H,3-4,7H2,1-2H3,(H2,15,16). The summed E-state index contributed by atoms with van der Waals surface area (Å²) in [6, 6.07) is 1.48. The van der Waals surface area contributed by atoms with Crippen LogP contribution in [0.3, 0.4) is 0 Å². The third-order valence-electron chi connectivity index (χ3n) is 2.32. The van der Waals surface area contributed by atoms with Crippen LogP contribution in [-0.4, -0.2) is 24.2 Å². The Hall–Kier alpha value is -1.46. The molecule has 0 radical (unpaired) electrons. The summed E-state index contributed by atoms with van der Waals surface area (Å²) < 4.78 is 37.2. The van der Waals surface area contributed by atoms with Gasteiger partial charge in [0.2, 0.25) is 0 Å². The van der Waals surface area contributed by atoms with Crippen molar-refractivity contribution in [3.63, 3.8) is 0 Å². The van der Waals surface area contributed by atoms with E-state index in [1.165, 1.54) is 17.2 Å². The van der Waals surface area contributed by atoms with Gasteiger partial charge in [0.1, 0.15) is 12.4 Å². The summed E-state index contributed by atoms with van der Waals surface area (Å²) in [4.78, 5) is 5.18. The quantitative estimate of drug-likeness (QED) is 0.889. The number of alkyl halides is 3. The van der Waals surface area contributed by atoms with Crippen molar-refractivity contribution in [3.8, 4) is 0 Å². The Morgan fingerprint density at radius 2 is 2.06 bits per heavy atom. The number of halogens is 3. The zero-order valence-corrected chi connectivity index (χ0v) is 9.88. The number of aryl methyl sites for hydroxylation is 1. The summed E-state index contributed by atoms with van der Waals surface area (Å²) in [5, 5.41) is 0. The summed E-state index contributed by atoms with van der Waals surface area (Å²) in [5.41, 5.74) is 6.89. The smallest absolute Gasteiger partial charge is 0.398 e. The van der Waals surface area contributed by atoms with Crippen LogP contribution in [-0.2, 0) is 0 Å². The van der Waals surface area contributed by atoms with Crippen LogP contribution < -0.4 is 10.6 Å². The number of aromatic nitrogens is 1. The minimum Gasteiger partial charge on any atom is -0.398 e. The molecule has 1 rings (SSSR count). The predicted molar refractivity (Wildman–Crippen MR) is 61.9 cm³/mol. The largest absolute Gasteiger partial charge is 0.405 e. The van der Waals surface area contributed by atoms with E-state index in [2.05, 4.69) is 4.98 Å². The molecule has 1 aromatic rings. The molecule has 0 spiro atoms. The maximum Gasteiger partial charge on any atom is 0.405 e. The van der Waals surface area contributed by atoms with Crippen molar-refractivity contribution in [2.75, 3.05) is 23.7 Å². The molecule has 0 saturated carbocycles. The molecule has 0 aliphatic heterocycles. The lowest BCUT2D eigenvalue weighted by atomic mass is 10.2. The van der Waals surface area contributed by atoms with E-state index in [1.54, 1.807) is 6.92 Å². The van der Waals surface area contributed by atoms with Crippen LogP contribution in [0.4, 0.5) is 24.7 Å². The molecule has 0 atom stereocenters. The summed E-state index contributed by atoms with van der Waals surface area (Å²) in [6.45, 7) is 2.88. The molecular formula is C11H16F3N3. The molecule has 0 bridgehead atoms. The van der Waals surface area contributed by atoms with E-state index in [9.17, 15) is 13.2 Å². The van der Waals surface area contributed by atoms with E-state index >= 15 is 0 Å². The highest BCUT2D eigenvalue weighted by atomic mass is 19.4. The Balaban J connectivity index is 2.93. The van der Waals surface area contributed by atoms with Crippen LogP contribution in [0.2, 0.25) is 0 Å². The average molecular weight is 247 g/mol. The second-order valence-electron chi connectivity index (χ2n) is 3.94. The molecule has 3 nitrogen and oxygen atoms in total. The van der Waals surface area contributed by atoms with E-state index in [0.717, 1.165) is 5.56 Å². The van der Waals surface area contributed by atoms with Gasteiger partial charge in [0.05, 0.1) is 0 Å². The first-order valence-corrected chi connectivity index (χ1v) is 5.37.